The minimum Gasteiger partial charge on any atom is -0.462 e. The molecule has 2 rings (SSSR count). The molecule has 1 saturated heterocycles. The molecule has 0 bridgehead atoms. The van der Waals surface area contributed by atoms with Crippen molar-refractivity contribution in [3.05, 3.63) is 23.8 Å². The molecule has 0 saturated carbocycles. The van der Waals surface area contributed by atoms with Crippen LogP contribution in [0.3, 0.4) is 0 Å². The van der Waals surface area contributed by atoms with Gasteiger partial charge >= 0.3 is 5.97 Å². The van der Waals surface area contributed by atoms with Crippen molar-refractivity contribution in [3.8, 4) is 0 Å². The summed E-state index contributed by atoms with van der Waals surface area (Å²) in [7, 11) is 0. The van der Waals surface area contributed by atoms with E-state index >= 15 is 0 Å². The van der Waals surface area contributed by atoms with Gasteiger partial charge in [-0.25, -0.2) is 0 Å². The van der Waals surface area contributed by atoms with Crippen LogP contribution in [0, 0.1) is 23.7 Å². The van der Waals surface area contributed by atoms with Crippen molar-refractivity contribution in [1.82, 2.24) is 0 Å². The lowest BCUT2D eigenvalue weighted by Gasteiger charge is -2.30. The molecule has 0 aliphatic carbocycles. The second-order valence-electron chi connectivity index (χ2n) is 8.75. The van der Waals surface area contributed by atoms with Crippen molar-refractivity contribution in [2.45, 2.75) is 78.0 Å². The molecule has 0 aromatic rings. The van der Waals surface area contributed by atoms with Crippen molar-refractivity contribution < 1.29 is 34.4 Å². The fourth-order valence-electron chi connectivity index (χ4n) is 4.41. The topological polar surface area (TPSA) is 113 Å². The minimum atomic E-state index is -1.00. The summed E-state index contributed by atoms with van der Waals surface area (Å²) in [4.78, 5) is 25.1. The molecule has 2 aliphatic rings. The summed E-state index contributed by atoms with van der Waals surface area (Å²) in [5.41, 5.74) is 0.794. The Morgan fingerprint density at radius 1 is 1.13 bits per heavy atom. The van der Waals surface area contributed by atoms with E-state index in [-0.39, 0.29) is 30.6 Å². The molecule has 0 aromatic heterocycles. The van der Waals surface area contributed by atoms with Crippen molar-refractivity contribution in [2.75, 3.05) is 6.61 Å². The molecule has 0 spiro atoms. The van der Waals surface area contributed by atoms with Crippen LogP contribution < -0.4 is 0 Å². The third kappa shape index (κ3) is 6.48. The Hall–Kier alpha value is -1.54. The van der Waals surface area contributed by atoms with Crippen LogP contribution in [0.25, 0.3) is 0 Å². The Kier molecular flexibility index (Phi) is 9.22. The molecular formula is C23H36O7. The zero-order chi connectivity index (χ0) is 22.4. The minimum absolute atomic E-state index is 0.0257. The van der Waals surface area contributed by atoms with E-state index in [4.69, 9.17) is 9.47 Å². The van der Waals surface area contributed by atoms with Gasteiger partial charge in [-0.3, -0.25) is 9.59 Å². The van der Waals surface area contributed by atoms with Gasteiger partial charge in [0.25, 0.3) is 0 Å². The van der Waals surface area contributed by atoms with Crippen LogP contribution in [0.1, 0.15) is 53.4 Å². The molecule has 2 aliphatic heterocycles. The number of hydrogen-bond acceptors (Lipinski definition) is 7. The summed E-state index contributed by atoms with van der Waals surface area (Å²) in [6.07, 6.45) is 3.33. The predicted octanol–water partition coefficient (Wildman–Crippen LogP) is 2.14. The number of esters is 1. The van der Waals surface area contributed by atoms with E-state index in [1.54, 1.807) is 19.1 Å². The summed E-state index contributed by atoms with van der Waals surface area (Å²) >= 11 is 0. The zero-order valence-electron chi connectivity index (χ0n) is 18.4. The van der Waals surface area contributed by atoms with Crippen LogP contribution in [0.15, 0.2) is 23.8 Å². The molecule has 7 nitrogen and oxygen atoms in total. The Morgan fingerprint density at radius 3 is 2.47 bits per heavy atom. The predicted molar refractivity (Wildman–Crippen MR) is 111 cm³/mol. The Labute approximate surface area is 178 Å². The molecule has 170 valence electrons. The van der Waals surface area contributed by atoms with E-state index < -0.39 is 42.4 Å². The average Bonchev–Trinajstić information content (AvgIpc) is 3.06. The number of ketones is 1. The van der Waals surface area contributed by atoms with Crippen LogP contribution in [0.2, 0.25) is 0 Å². The number of aliphatic hydroxyl groups excluding tert-OH is 3. The van der Waals surface area contributed by atoms with Gasteiger partial charge in [0.1, 0.15) is 6.10 Å². The Bertz CT molecular complexity index is 656. The lowest BCUT2D eigenvalue weighted by Crippen LogP contribution is -2.37. The van der Waals surface area contributed by atoms with Crippen LogP contribution in [0.4, 0.5) is 0 Å². The van der Waals surface area contributed by atoms with Gasteiger partial charge in [-0.2, -0.15) is 0 Å². The lowest BCUT2D eigenvalue weighted by molar-refractivity contribution is -0.157. The normalized spacial score (nSPS) is 42.2. The summed E-state index contributed by atoms with van der Waals surface area (Å²) in [5, 5.41) is 30.4. The first-order valence-corrected chi connectivity index (χ1v) is 10.9. The van der Waals surface area contributed by atoms with E-state index in [0.717, 1.165) is 5.57 Å². The number of rotatable bonds is 2. The second-order valence-corrected chi connectivity index (χ2v) is 8.75. The highest BCUT2D eigenvalue weighted by molar-refractivity contribution is 5.91. The molecular weight excluding hydrogens is 388 g/mol. The molecule has 3 N–H and O–H groups in total. The molecule has 8 atom stereocenters. The molecule has 30 heavy (non-hydrogen) atoms. The number of hydrogen-bond donors (Lipinski definition) is 3. The van der Waals surface area contributed by atoms with Crippen molar-refractivity contribution in [2.24, 2.45) is 23.7 Å². The first-order valence-electron chi connectivity index (χ1n) is 10.9. The maximum atomic E-state index is 12.6. The number of aliphatic hydroxyl groups is 3. The highest BCUT2D eigenvalue weighted by atomic mass is 16.6. The van der Waals surface area contributed by atoms with E-state index in [9.17, 15) is 24.9 Å². The Balaban J connectivity index is 2.33. The molecule has 2 heterocycles. The van der Waals surface area contributed by atoms with Crippen LogP contribution >= 0.6 is 0 Å². The fraction of sp³-hybridized carbons (Fsp3) is 0.739. The number of carbonyl (C=O) groups excluding carboxylic acids is 2. The smallest absolute Gasteiger partial charge is 0.308 e. The van der Waals surface area contributed by atoms with Gasteiger partial charge in [-0.15, -0.1) is 0 Å². The average molecular weight is 425 g/mol. The summed E-state index contributed by atoms with van der Waals surface area (Å²) in [6, 6.07) is 0. The van der Waals surface area contributed by atoms with Gasteiger partial charge in [0, 0.05) is 24.2 Å². The second kappa shape index (κ2) is 11.2. The van der Waals surface area contributed by atoms with Gasteiger partial charge in [-0.1, -0.05) is 38.5 Å². The van der Waals surface area contributed by atoms with E-state index in [1.807, 2.05) is 20.8 Å². The summed E-state index contributed by atoms with van der Waals surface area (Å²) < 4.78 is 11.2. The van der Waals surface area contributed by atoms with Gasteiger partial charge in [0.05, 0.1) is 25.2 Å². The lowest BCUT2D eigenvalue weighted by atomic mass is 9.81. The molecule has 1 fully saturated rings. The number of carbonyl (C=O) groups is 2. The highest BCUT2D eigenvalue weighted by Gasteiger charge is 2.41. The van der Waals surface area contributed by atoms with Crippen molar-refractivity contribution in [3.63, 3.8) is 0 Å². The van der Waals surface area contributed by atoms with Crippen molar-refractivity contribution in [1.29, 1.82) is 0 Å². The molecule has 7 heteroatoms. The highest BCUT2D eigenvalue weighted by Crippen LogP contribution is 2.37. The summed E-state index contributed by atoms with van der Waals surface area (Å²) in [5.74, 6) is -1.75. The standard InChI is InChI=1S/C23H36O7/c1-5-20-17(12-24)8-13(2)6-7-18(25)14(3)9-16-10-21(27)30-23(16)15(4)19(26)11-22(28)29-20/h6-8,14-17,19-21,23-24,26-27H,5,9-12H2,1-4H3/b7-6+,13-8-. The van der Waals surface area contributed by atoms with E-state index in [0.29, 0.717) is 19.3 Å². The van der Waals surface area contributed by atoms with Crippen molar-refractivity contribution >= 4 is 11.8 Å². The van der Waals surface area contributed by atoms with E-state index in [1.165, 1.54) is 6.08 Å². The molecule has 0 amide bonds. The third-order valence-electron chi connectivity index (χ3n) is 6.29. The van der Waals surface area contributed by atoms with Gasteiger partial charge in [0.2, 0.25) is 0 Å². The van der Waals surface area contributed by atoms with Crippen LogP contribution in [-0.2, 0) is 19.1 Å². The first kappa shape index (κ1) is 24.7. The van der Waals surface area contributed by atoms with Crippen LogP contribution in [-0.4, -0.2) is 58.3 Å². The maximum absolute atomic E-state index is 12.6. The van der Waals surface area contributed by atoms with Gasteiger partial charge in [-0.05, 0) is 31.8 Å². The monoisotopic (exact) mass is 424 g/mol. The number of ether oxygens (including phenoxy) is 2. The number of cyclic esters (lactones) is 1. The van der Waals surface area contributed by atoms with Crippen LogP contribution in [0.5, 0.6) is 0 Å². The molecule has 0 radical (unpaired) electrons. The van der Waals surface area contributed by atoms with Gasteiger partial charge < -0.3 is 24.8 Å². The summed E-state index contributed by atoms with van der Waals surface area (Å²) in [6.45, 7) is 7.12. The van der Waals surface area contributed by atoms with Gasteiger partial charge in [0.15, 0.2) is 12.1 Å². The first-order chi connectivity index (χ1) is 14.2. The largest absolute Gasteiger partial charge is 0.462 e. The molecule has 8 unspecified atom stereocenters. The maximum Gasteiger partial charge on any atom is 0.308 e. The number of fused-ring (bicyclic) bond motifs is 1. The third-order valence-corrected chi connectivity index (χ3v) is 6.29. The SMILES string of the molecule is CCC1OC(=O)CC(O)C(C)C2OC(O)CC2CC(C)C(=O)/C=C/C(C)=C\C1CO. The van der Waals surface area contributed by atoms with E-state index in [2.05, 4.69) is 0 Å². The fourth-order valence-corrected chi connectivity index (χ4v) is 4.41. The molecule has 0 aromatic carbocycles. The number of allylic oxidation sites excluding steroid dienone is 3. The quantitative estimate of drug-likeness (QED) is 0.582. The Morgan fingerprint density at radius 2 is 1.83 bits per heavy atom. The zero-order valence-corrected chi connectivity index (χ0v) is 18.4.